The van der Waals surface area contributed by atoms with Crippen LogP contribution >= 0.6 is 0 Å². The summed E-state index contributed by atoms with van der Waals surface area (Å²) in [4.78, 5) is 57.0. The molecule has 242 valence electrons. The molecular weight excluding hydrogens is 576 g/mol. The van der Waals surface area contributed by atoms with Gasteiger partial charge in [0.05, 0.1) is 25.3 Å². The van der Waals surface area contributed by atoms with Gasteiger partial charge in [-0.05, 0) is 67.5 Å². The molecule has 2 saturated heterocycles. The fourth-order valence-corrected chi connectivity index (χ4v) is 6.32. The minimum Gasteiger partial charge on any atom is -0.457 e. The van der Waals surface area contributed by atoms with Crippen LogP contribution in [0.1, 0.15) is 50.2 Å². The van der Waals surface area contributed by atoms with Crippen molar-refractivity contribution in [3.05, 3.63) is 59.7 Å². The first-order valence-corrected chi connectivity index (χ1v) is 16.0. The van der Waals surface area contributed by atoms with E-state index in [1.165, 1.54) is 4.90 Å². The standard InChI is InChI=1S/C34H44N4O7/c1-24(40)36-16-12-27(13-17-36)34(43)38-18-14-31-30(21-38)35-32(41)22-37(15-3-19-39)33(42)11-8-25-6-9-28(10-7-25)45-29-5-2-4-26(20-29)23-44-31/h2,4-7,9-10,20,27,30-31,39H,3,8,11-19,21-23H2,1H3,(H,35,41)/t30-,31-/m0/s1. The van der Waals surface area contributed by atoms with Gasteiger partial charge < -0.3 is 34.6 Å². The van der Waals surface area contributed by atoms with Crippen molar-refractivity contribution in [1.82, 2.24) is 20.0 Å². The zero-order valence-corrected chi connectivity index (χ0v) is 26.0. The fraction of sp³-hybridized carbons (Fsp3) is 0.529. The molecule has 0 spiro atoms. The van der Waals surface area contributed by atoms with Gasteiger partial charge in [-0.15, -0.1) is 0 Å². The summed E-state index contributed by atoms with van der Waals surface area (Å²) in [5.41, 5.74) is 1.90. The number of rotatable bonds is 4. The number of likely N-dealkylation sites (tertiary alicyclic amines) is 2. The summed E-state index contributed by atoms with van der Waals surface area (Å²) >= 11 is 0. The number of aliphatic hydroxyl groups is 1. The maximum absolute atomic E-state index is 13.6. The van der Waals surface area contributed by atoms with Gasteiger partial charge in [0.2, 0.25) is 23.6 Å². The molecule has 4 amide bonds. The average molecular weight is 621 g/mol. The van der Waals surface area contributed by atoms with Crippen molar-refractivity contribution in [3.63, 3.8) is 0 Å². The molecule has 4 heterocycles. The first kappa shape index (κ1) is 32.4. The Hall–Kier alpha value is -3.96. The highest BCUT2D eigenvalue weighted by atomic mass is 16.5. The number of piperidine rings is 2. The van der Waals surface area contributed by atoms with E-state index in [2.05, 4.69) is 5.32 Å². The molecule has 45 heavy (non-hydrogen) atoms. The Kier molecular flexibility index (Phi) is 11.1. The van der Waals surface area contributed by atoms with E-state index in [1.807, 2.05) is 53.4 Å². The van der Waals surface area contributed by atoms with Crippen LogP contribution in [0.4, 0.5) is 0 Å². The van der Waals surface area contributed by atoms with E-state index < -0.39 is 6.04 Å². The van der Waals surface area contributed by atoms with Gasteiger partial charge in [-0.2, -0.15) is 0 Å². The number of aliphatic hydroxyl groups excluding tert-OH is 1. The van der Waals surface area contributed by atoms with Crippen LogP contribution in [0, 0.1) is 5.92 Å². The number of hydrogen-bond acceptors (Lipinski definition) is 7. The van der Waals surface area contributed by atoms with Gasteiger partial charge >= 0.3 is 0 Å². The van der Waals surface area contributed by atoms with E-state index in [1.54, 1.807) is 11.8 Å². The van der Waals surface area contributed by atoms with Crippen molar-refractivity contribution in [2.45, 2.75) is 64.2 Å². The molecule has 4 bridgehead atoms. The van der Waals surface area contributed by atoms with Crippen molar-refractivity contribution in [3.8, 4) is 11.5 Å². The van der Waals surface area contributed by atoms with E-state index in [4.69, 9.17) is 9.47 Å². The molecule has 0 radical (unpaired) electrons. The number of nitrogens with zero attached hydrogens (tertiary/aromatic N) is 3. The first-order chi connectivity index (χ1) is 21.8. The maximum Gasteiger partial charge on any atom is 0.239 e. The van der Waals surface area contributed by atoms with Crippen LogP contribution in [-0.4, -0.2) is 101 Å². The smallest absolute Gasteiger partial charge is 0.239 e. The van der Waals surface area contributed by atoms with Crippen LogP contribution in [0.5, 0.6) is 11.5 Å². The van der Waals surface area contributed by atoms with Gasteiger partial charge in [-0.3, -0.25) is 19.2 Å². The Morgan fingerprint density at radius 1 is 0.933 bits per heavy atom. The maximum atomic E-state index is 13.6. The highest BCUT2D eigenvalue weighted by molar-refractivity contribution is 5.85. The van der Waals surface area contributed by atoms with Gasteiger partial charge in [-0.1, -0.05) is 24.3 Å². The Morgan fingerprint density at radius 2 is 1.69 bits per heavy atom. The summed E-state index contributed by atoms with van der Waals surface area (Å²) in [5.74, 6) is 0.761. The molecule has 0 saturated carbocycles. The average Bonchev–Trinajstić information content (AvgIpc) is 3.05. The number of carbonyl (C=O) groups excluding carboxylic acids is 4. The van der Waals surface area contributed by atoms with Crippen LogP contribution < -0.4 is 10.1 Å². The third-order valence-electron chi connectivity index (χ3n) is 8.92. The van der Waals surface area contributed by atoms with Gasteiger partial charge in [0.1, 0.15) is 11.5 Å². The molecule has 0 unspecified atom stereocenters. The van der Waals surface area contributed by atoms with Crippen molar-refractivity contribution in [2.24, 2.45) is 5.92 Å². The van der Waals surface area contributed by atoms with E-state index in [0.717, 1.165) is 11.1 Å². The Balaban J connectivity index is 1.33. The van der Waals surface area contributed by atoms with Crippen molar-refractivity contribution in [2.75, 3.05) is 45.9 Å². The number of fused-ring (bicyclic) bond motifs is 9. The summed E-state index contributed by atoms with van der Waals surface area (Å²) in [5, 5.41) is 12.5. The predicted molar refractivity (Wildman–Crippen MR) is 166 cm³/mol. The number of amides is 4. The Morgan fingerprint density at radius 3 is 2.42 bits per heavy atom. The second-order valence-corrected chi connectivity index (χ2v) is 12.2. The van der Waals surface area contributed by atoms with Gasteiger partial charge in [0.15, 0.2) is 0 Å². The van der Waals surface area contributed by atoms with Crippen molar-refractivity contribution >= 4 is 23.6 Å². The van der Waals surface area contributed by atoms with Crippen molar-refractivity contribution in [1.29, 1.82) is 0 Å². The van der Waals surface area contributed by atoms with Gasteiger partial charge in [0, 0.05) is 58.6 Å². The molecule has 4 aliphatic heterocycles. The Labute approximate surface area is 264 Å². The minimum atomic E-state index is -0.473. The predicted octanol–water partition coefficient (Wildman–Crippen LogP) is 2.50. The summed E-state index contributed by atoms with van der Waals surface area (Å²) in [7, 11) is 0. The highest BCUT2D eigenvalue weighted by Crippen LogP contribution is 2.26. The number of ether oxygens (including phenoxy) is 2. The van der Waals surface area contributed by atoms with Crippen LogP contribution in [-0.2, 0) is 36.9 Å². The molecule has 4 aliphatic rings. The molecule has 11 nitrogen and oxygen atoms in total. The van der Waals surface area contributed by atoms with Gasteiger partial charge in [0.25, 0.3) is 0 Å². The fourth-order valence-electron chi connectivity index (χ4n) is 6.32. The lowest BCUT2D eigenvalue weighted by molar-refractivity contribution is -0.144. The zero-order valence-electron chi connectivity index (χ0n) is 26.0. The molecule has 11 heteroatoms. The molecule has 2 aromatic rings. The molecule has 2 atom stereocenters. The zero-order chi connectivity index (χ0) is 31.8. The second kappa shape index (κ2) is 15.4. The van der Waals surface area contributed by atoms with Crippen molar-refractivity contribution < 1.29 is 33.8 Å². The Bertz CT molecular complexity index is 1340. The third kappa shape index (κ3) is 8.82. The molecular formula is C34H44N4O7. The SMILES string of the molecule is CC(=O)N1CCC(C(=O)N2CC[C@@H]3OCc4cccc(c4)Oc4ccc(cc4)CCC(=O)N(CCCO)CC(=O)N[C@H]3C2)CC1. The number of nitrogens with one attached hydrogen (secondary N) is 1. The quantitative estimate of drug-likeness (QED) is 0.538. The molecule has 2 fully saturated rings. The van der Waals surface area contributed by atoms with Gasteiger partial charge in [-0.25, -0.2) is 0 Å². The lowest BCUT2D eigenvalue weighted by Gasteiger charge is -2.41. The normalized spacial score (nSPS) is 22.0. The lowest BCUT2D eigenvalue weighted by Crippen LogP contribution is -2.59. The monoisotopic (exact) mass is 620 g/mol. The molecule has 6 rings (SSSR count). The minimum absolute atomic E-state index is 0.0242. The van der Waals surface area contributed by atoms with Crippen LogP contribution in [0.15, 0.2) is 48.5 Å². The number of aryl methyl sites for hydroxylation is 1. The summed E-state index contributed by atoms with van der Waals surface area (Å²) < 4.78 is 12.5. The summed E-state index contributed by atoms with van der Waals surface area (Å²) in [6, 6.07) is 14.8. The third-order valence-corrected chi connectivity index (χ3v) is 8.92. The van der Waals surface area contributed by atoms with E-state index in [9.17, 15) is 24.3 Å². The first-order valence-electron chi connectivity index (χ1n) is 16.0. The number of benzene rings is 2. The molecule has 0 aliphatic carbocycles. The second-order valence-electron chi connectivity index (χ2n) is 12.2. The summed E-state index contributed by atoms with van der Waals surface area (Å²) in [6.45, 7) is 3.81. The summed E-state index contributed by atoms with van der Waals surface area (Å²) in [6.07, 6.45) is 2.53. The molecule has 2 aromatic carbocycles. The van der Waals surface area contributed by atoms with E-state index in [-0.39, 0.29) is 61.8 Å². The van der Waals surface area contributed by atoms with E-state index >= 15 is 0 Å². The largest absolute Gasteiger partial charge is 0.457 e. The van der Waals surface area contributed by atoms with Crippen LogP contribution in [0.2, 0.25) is 0 Å². The van der Waals surface area contributed by atoms with Crippen LogP contribution in [0.3, 0.4) is 0 Å². The highest BCUT2D eigenvalue weighted by Gasteiger charge is 2.37. The number of carbonyl (C=O) groups is 4. The lowest BCUT2D eigenvalue weighted by atomic mass is 9.93. The number of hydrogen-bond donors (Lipinski definition) is 2. The molecule has 0 aromatic heterocycles. The van der Waals surface area contributed by atoms with E-state index in [0.29, 0.717) is 76.4 Å². The van der Waals surface area contributed by atoms with Crippen LogP contribution in [0.25, 0.3) is 0 Å². The topological polar surface area (TPSA) is 129 Å². The molecule has 2 N–H and O–H groups in total.